The van der Waals surface area contributed by atoms with E-state index in [0.29, 0.717) is 5.69 Å². The second-order valence-corrected chi connectivity index (χ2v) is 5.16. The maximum atomic E-state index is 12.3. The van der Waals surface area contributed by atoms with Crippen LogP contribution in [0.5, 0.6) is 0 Å². The van der Waals surface area contributed by atoms with E-state index in [9.17, 15) is 9.59 Å². The number of amides is 2. The Balaban J connectivity index is 1.86. The van der Waals surface area contributed by atoms with Crippen molar-refractivity contribution in [3.8, 4) is 0 Å². The molecule has 4 nitrogen and oxygen atoms in total. The summed E-state index contributed by atoms with van der Waals surface area (Å²) in [4.78, 5) is 25.4. The number of nitrogens with zero attached hydrogens (tertiary/aromatic N) is 1. The van der Waals surface area contributed by atoms with Gasteiger partial charge in [-0.05, 0) is 40.6 Å². The predicted molar refractivity (Wildman–Crippen MR) is 80.8 cm³/mol. The fourth-order valence-electron chi connectivity index (χ4n) is 2.06. The molecule has 1 aromatic heterocycles. The molecular formula is C15H12N2O2S. The first-order valence-electron chi connectivity index (χ1n) is 6.15. The Bertz CT molecular complexity index is 677. The molecule has 0 spiro atoms. The van der Waals surface area contributed by atoms with Gasteiger partial charge < -0.3 is 5.32 Å². The van der Waals surface area contributed by atoms with Crippen molar-refractivity contribution in [2.45, 2.75) is 0 Å². The lowest BCUT2D eigenvalue weighted by Gasteiger charge is -2.28. The van der Waals surface area contributed by atoms with Crippen molar-refractivity contribution in [2.75, 3.05) is 16.8 Å². The SMILES string of the molecule is O=C1CN(C(=O)C=Cc2ccsc2)c2ccccc2N1. The van der Waals surface area contributed by atoms with Crippen LogP contribution in [-0.4, -0.2) is 18.4 Å². The summed E-state index contributed by atoms with van der Waals surface area (Å²) in [6.07, 6.45) is 3.26. The van der Waals surface area contributed by atoms with Crippen LogP contribution in [0.15, 0.2) is 47.2 Å². The molecule has 1 N–H and O–H groups in total. The first-order chi connectivity index (χ1) is 9.74. The molecule has 0 unspecified atom stereocenters. The molecule has 0 aliphatic carbocycles. The lowest BCUT2D eigenvalue weighted by atomic mass is 10.2. The summed E-state index contributed by atoms with van der Waals surface area (Å²) in [5.74, 6) is -0.375. The molecule has 0 saturated carbocycles. The largest absolute Gasteiger partial charge is 0.323 e. The van der Waals surface area contributed by atoms with Crippen molar-refractivity contribution in [3.05, 3.63) is 52.7 Å². The monoisotopic (exact) mass is 284 g/mol. The Hall–Kier alpha value is -2.40. The van der Waals surface area contributed by atoms with Gasteiger partial charge in [-0.2, -0.15) is 11.3 Å². The molecule has 5 heteroatoms. The number of rotatable bonds is 2. The summed E-state index contributed by atoms with van der Waals surface area (Å²) in [7, 11) is 0. The van der Waals surface area contributed by atoms with E-state index in [-0.39, 0.29) is 18.4 Å². The van der Waals surface area contributed by atoms with Crippen LogP contribution in [-0.2, 0) is 9.59 Å². The molecule has 1 aliphatic rings. The zero-order chi connectivity index (χ0) is 13.9. The van der Waals surface area contributed by atoms with Crippen molar-refractivity contribution >= 4 is 40.6 Å². The van der Waals surface area contributed by atoms with Crippen molar-refractivity contribution in [1.82, 2.24) is 0 Å². The molecule has 0 bridgehead atoms. The van der Waals surface area contributed by atoms with E-state index in [1.54, 1.807) is 23.5 Å². The second kappa shape index (κ2) is 5.30. The third kappa shape index (κ3) is 2.48. The number of hydrogen-bond donors (Lipinski definition) is 1. The number of nitrogens with one attached hydrogen (secondary N) is 1. The normalized spacial score (nSPS) is 14.2. The summed E-state index contributed by atoms with van der Waals surface area (Å²) in [5.41, 5.74) is 2.38. The second-order valence-electron chi connectivity index (χ2n) is 4.38. The summed E-state index contributed by atoms with van der Waals surface area (Å²) >= 11 is 1.58. The number of thiophene rings is 1. The van der Waals surface area contributed by atoms with Gasteiger partial charge in [0.15, 0.2) is 0 Å². The molecule has 2 amide bonds. The van der Waals surface area contributed by atoms with Crippen LogP contribution in [0.25, 0.3) is 6.08 Å². The number of fused-ring (bicyclic) bond motifs is 1. The van der Waals surface area contributed by atoms with E-state index >= 15 is 0 Å². The fourth-order valence-corrected chi connectivity index (χ4v) is 2.69. The quantitative estimate of drug-likeness (QED) is 0.862. The van der Waals surface area contributed by atoms with Gasteiger partial charge in [0.2, 0.25) is 5.91 Å². The molecule has 20 heavy (non-hydrogen) atoms. The molecule has 0 atom stereocenters. The van der Waals surface area contributed by atoms with E-state index in [2.05, 4.69) is 5.32 Å². The molecule has 2 aromatic rings. The van der Waals surface area contributed by atoms with Crippen LogP contribution >= 0.6 is 11.3 Å². The van der Waals surface area contributed by atoms with E-state index < -0.39 is 0 Å². The van der Waals surface area contributed by atoms with Crippen LogP contribution in [0.4, 0.5) is 11.4 Å². The average molecular weight is 284 g/mol. The topological polar surface area (TPSA) is 49.4 Å². The maximum absolute atomic E-state index is 12.3. The minimum Gasteiger partial charge on any atom is -0.323 e. The highest BCUT2D eigenvalue weighted by atomic mass is 32.1. The summed E-state index contributed by atoms with van der Waals surface area (Å²) in [5, 5.41) is 6.67. The Morgan fingerprint density at radius 1 is 1.30 bits per heavy atom. The highest BCUT2D eigenvalue weighted by Crippen LogP contribution is 2.29. The molecule has 2 heterocycles. The number of para-hydroxylation sites is 2. The van der Waals surface area contributed by atoms with Gasteiger partial charge in [-0.15, -0.1) is 0 Å². The van der Waals surface area contributed by atoms with E-state index in [1.807, 2.05) is 35.0 Å². The molecule has 1 aliphatic heterocycles. The zero-order valence-corrected chi connectivity index (χ0v) is 11.4. The van der Waals surface area contributed by atoms with Gasteiger partial charge in [0.25, 0.3) is 5.91 Å². The first-order valence-corrected chi connectivity index (χ1v) is 7.09. The third-order valence-electron chi connectivity index (χ3n) is 3.00. The Morgan fingerprint density at radius 3 is 2.95 bits per heavy atom. The van der Waals surface area contributed by atoms with Crippen LogP contribution in [0.1, 0.15) is 5.56 Å². The lowest BCUT2D eigenvalue weighted by Crippen LogP contribution is -2.41. The van der Waals surface area contributed by atoms with Crippen molar-refractivity contribution in [2.24, 2.45) is 0 Å². The third-order valence-corrected chi connectivity index (χ3v) is 3.70. The van der Waals surface area contributed by atoms with Gasteiger partial charge >= 0.3 is 0 Å². The summed E-state index contributed by atoms with van der Waals surface area (Å²) in [6, 6.07) is 9.22. The highest BCUT2D eigenvalue weighted by molar-refractivity contribution is 7.08. The van der Waals surface area contributed by atoms with Crippen molar-refractivity contribution in [1.29, 1.82) is 0 Å². The van der Waals surface area contributed by atoms with Gasteiger partial charge in [-0.3, -0.25) is 14.5 Å². The van der Waals surface area contributed by atoms with Crippen molar-refractivity contribution in [3.63, 3.8) is 0 Å². The van der Waals surface area contributed by atoms with Crippen LogP contribution in [0.3, 0.4) is 0 Å². The van der Waals surface area contributed by atoms with Gasteiger partial charge in [-0.25, -0.2) is 0 Å². The Kier molecular flexibility index (Phi) is 3.35. The lowest BCUT2D eigenvalue weighted by molar-refractivity contribution is -0.119. The molecule has 3 rings (SSSR count). The standard InChI is InChI=1S/C15H12N2O2S/c18-14-9-17(13-4-2-1-3-12(13)16-14)15(19)6-5-11-7-8-20-10-11/h1-8,10H,9H2,(H,16,18). The number of carbonyl (C=O) groups is 2. The average Bonchev–Trinajstić information content (AvgIpc) is 2.97. The molecular weight excluding hydrogens is 272 g/mol. The van der Waals surface area contributed by atoms with Crippen LogP contribution < -0.4 is 10.2 Å². The Labute approximate surface area is 120 Å². The number of benzene rings is 1. The minimum absolute atomic E-state index is 0.0455. The smallest absolute Gasteiger partial charge is 0.251 e. The molecule has 1 aromatic carbocycles. The Morgan fingerprint density at radius 2 is 2.15 bits per heavy atom. The van der Waals surface area contributed by atoms with Crippen LogP contribution in [0, 0.1) is 0 Å². The van der Waals surface area contributed by atoms with E-state index in [4.69, 9.17) is 0 Å². The highest BCUT2D eigenvalue weighted by Gasteiger charge is 2.24. The summed E-state index contributed by atoms with van der Waals surface area (Å²) in [6.45, 7) is 0.0455. The number of carbonyl (C=O) groups excluding carboxylic acids is 2. The van der Waals surface area contributed by atoms with E-state index in [1.165, 1.54) is 11.0 Å². The molecule has 0 saturated heterocycles. The van der Waals surface area contributed by atoms with Gasteiger partial charge in [0, 0.05) is 6.08 Å². The summed E-state index contributed by atoms with van der Waals surface area (Å²) < 4.78 is 0. The van der Waals surface area contributed by atoms with Gasteiger partial charge in [0.1, 0.15) is 6.54 Å². The molecule has 100 valence electrons. The molecule has 0 radical (unpaired) electrons. The molecule has 0 fully saturated rings. The van der Waals surface area contributed by atoms with E-state index in [0.717, 1.165) is 11.3 Å². The predicted octanol–water partition coefficient (Wildman–Crippen LogP) is 2.75. The minimum atomic E-state index is -0.196. The van der Waals surface area contributed by atoms with Gasteiger partial charge in [-0.1, -0.05) is 12.1 Å². The maximum Gasteiger partial charge on any atom is 0.251 e. The first kappa shape index (κ1) is 12.6. The van der Waals surface area contributed by atoms with Crippen LogP contribution in [0.2, 0.25) is 0 Å². The van der Waals surface area contributed by atoms with Crippen molar-refractivity contribution < 1.29 is 9.59 Å². The number of hydrogen-bond acceptors (Lipinski definition) is 3. The zero-order valence-electron chi connectivity index (χ0n) is 10.6. The fraction of sp³-hybridized carbons (Fsp3) is 0.0667. The van der Waals surface area contributed by atoms with Gasteiger partial charge in [0.05, 0.1) is 11.4 Å². The number of anilines is 2.